The molecule has 0 unspecified atom stereocenters. The maximum Gasteiger partial charge on any atom is 0.262 e. The highest BCUT2D eigenvalue weighted by Crippen LogP contribution is 2.30. The van der Waals surface area contributed by atoms with Crippen LogP contribution in [0.3, 0.4) is 0 Å². The first kappa shape index (κ1) is 19.7. The number of hydrogen-bond donors (Lipinski definition) is 1. The Morgan fingerprint density at radius 1 is 1.04 bits per heavy atom. The maximum atomic E-state index is 12.5. The highest BCUT2D eigenvalue weighted by atomic mass is 16.5. The first-order valence-electron chi connectivity index (χ1n) is 9.59. The summed E-state index contributed by atoms with van der Waals surface area (Å²) in [5.41, 5.74) is 3.46. The zero-order chi connectivity index (χ0) is 19.9. The van der Waals surface area contributed by atoms with E-state index in [9.17, 15) is 4.79 Å². The standard InChI is InChI=1S/C23H26N2O3/c1-4-5-14-27-20-12-11-19(18-10-7-13-24-22(18)20)25-21(26)15-28-23-16(2)8-6-9-17(23)3/h6-13H,4-5,14-15H2,1-3H3,(H,25,26). The van der Waals surface area contributed by atoms with Crippen LogP contribution in [-0.2, 0) is 4.79 Å². The van der Waals surface area contributed by atoms with Gasteiger partial charge in [0.05, 0.1) is 12.3 Å². The van der Waals surface area contributed by atoms with Crippen molar-refractivity contribution in [2.45, 2.75) is 33.6 Å². The lowest BCUT2D eigenvalue weighted by Crippen LogP contribution is -2.21. The number of nitrogens with zero attached hydrogens (tertiary/aromatic N) is 1. The third kappa shape index (κ3) is 4.60. The third-order valence-electron chi connectivity index (χ3n) is 4.52. The predicted octanol–water partition coefficient (Wildman–Crippen LogP) is 5.05. The smallest absolute Gasteiger partial charge is 0.262 e. The minimum atomic E-state index is -0.215. The molecule has 0 aliphatic carbocycles. The van der Waals surface area contributed by atoms with Crippen molar-refractivity contribution in [1.82, 2.24) is 4.98 Å². The summed E-state index contributed by atoms with van der Waals surface area (Å²) in [4.78, 5) is 16.9. The van der Waals surface area contributed by atoms with E-state index in [1.807, 2.05) is 56.3 Å². The largest absolute Gasteiger partial charge is 0.491 e. The number of anilines is 1. The molecule has 0 saturated carbocycles. The van der Waals surface area contributed by atoms with Crippen LogP contribution >= 0.6 is 0 Å². The summed E-state index contributed by atoms with van der Waals surface area (Å²) < 4.78 is 11.6. The number of para-hydroxylation sites is 1. The van der Waals surface area contributed by atoms with E-state index in [4.69, 9.17) is 9.47 Å². The molecule has 1 amide bonds. The molecule has 146 valence electrons. The monoisotopic (exact) mass is 378 g/mol. The van der Waals surface area contributed by atoms with E-state index >= 15 is 0 Å². The molecule has 0 fully saturated rings. The van der Waals surface area contributed by atoms with E-state index in [0.717, 1.165) is 46.4 Å². The highest BCUT2D eigenvalue weighted by Gasteiger charge is 2.12. The molecule has 0 bridgehead atoms. The second kappa shape index (κ2) is 9.22. The van der Waals surface area contributed by atoms with Crippen molar-refractivity contribution in [3.05, 3.63) is 59.8 Å². The van der Waals surface area contributed by atoms with Gasteiger partial charge < -0.3 is 14.8 Å². The first-order valence-corrected chi connectivity index (χ1v) is 9.59. The minimum Gasteiger partial charge on any atom is -0.491 e. The highest BCUT2D eigenvalue weighted by molar-refractivity contribution is 6.03. The summed E-state index contributed by atoms with van der Waals surface area (Å²) in [5, 5.41) is 3.77. The number of rotatable bonds is 8. The van der Waals surface area contributed by atoms with Gasteiger partial charge in [0, 0.05) is 11.6 Å². The Labute approximate surface area is 165 Å². The SMILES string of the molecule is CCCCOc1ccc(NC(=O)COc2c(C)cccc2C)c2cccnc12. The lowest BCUT2D eigenvalue weighted by atomic mass is 10.1. The van der Waals surface area contributed by atoms with Gasteiger partial charge in [-0.2, -0.15) is 0 Å². The van der Waals surface area contributed by atoms with Crippen molar-refractivity contribution in [3.8, 4) is 11.5 Å². The zero-order valence-corrected chi connectivity index (χ0v) is 16.6. The molecular weight excluding hydrogens is 352 g/mol. The second-order valence-electron chi connectivity index (χ2n) is 6.77. The number of unbranched alkanes of at least 4 members (excludes halogenated alkanes) is 1. The average Bonchev–Trinajstić information content (AvgIpc) is 2.69. The van der Waals surface area contributed by atoms with Crippen molar-refractivity contribution in [2.24, 2.45) is 0 Å². The van der Waals surface area contributed by atoms with E-state index in [2.05, 4.69) is 17.2 Å². The van der Waals surface area contributed by atoms with Crippen LogP contribution in [0.4, 0.5) is 5.69 Å². The molecule has 1 N–H and O–H groups in total. The van der Waals surface area contributed by atoms with Crippen molar-refractivity contribution in [1.29, 1.82) is 0 Å². The van der Waals surface area contributed by atoms with Gasteiger partial charge in [0.25, 0.3) is 5.91 Å². The Hall–Kier alpha value is -3.08. The van der Waals surface area contributed by atoms with Crippen LogP contribution in [-0.4, -0.2) is 24.1 Å². The molecule has 2 aromatic carbocycles. The van der Waals surface area contributed by atoms with Crippen LogP contribution in [0.1, 0.15) is 30.9 Å². The first-order chi connectivity index (χ1) is 13.6. The molecule has 5 nitrogen and oxygen atoms in total. The summed E-state index contributed by atoms with van der Waals surface area (Å²) in [5.74, 6) is 1.27. The fourth-order valence-electron chi connectivity index (χ4n) is 3.05. The number of carbonyl (C=O) groups is 1. The fraction of sp³-hybridized carbons (Fsp3) is 0.304. The predicted molar refractivity (Wildman–Crippen MR) is 112 cm³/mol. The van der Waals surface area contributed by atoms with Gasteiger partial charge in [-0.15, -0.1) is 0 Å². The number of ether oxygens (including phenoxy) is 2. The van der Waals surface area contributed by atoms with Crippen molar-refractivity contribution >= 4 is 22.5 Å². The van der Waals surface area contributed by atoms with Crippen LogP contribution < -0.4 is 14.8 Å². The van der Waals surface area contributed by atoms with Gasteiger partial charge in [-0.25, -0.2) is 0 Å². The number of pyridine rings is 1. The molecule has 0 saturated heterocycles. The lowest BCUT2D eigenvalue weighted by Gasteiger charge is -2.14. The Bertz CT molecular complexity index is 949. The van der Waals surface area contributed by atoms with Gasteiger partial charge in [0.1, 0.15) is 17.0 Å². The molecule has 0 aliphatic heterocycles. The quantitative estimate of drug-likeness (QED) is 0.557. The van der Waals surface area contributed by atoms with Crippen LogP contribution in [0.2, 0.25) is 0 Å². The Kier molecular flexibility index (Phi) is 6.48. The summed E-state index contributed by atoms with van der Waals surface area (Å²) in [7, 11) is 0. The van der Waals surface area contributed by atoms with Gasteiger partial charge in [0.2, 0.25) is 0 Å². The number of nitrogens with one attached hydrogen (secondary N) is 1. The topological polar surface area (TPSA) is 60.5 Å². The fourth-order valence-corrected chi connectivity index (χ4v) is 3.05. The molecule has 3 rings (SSSR count). The Morgan fingerprint density at radius 3 is 2.57 bits per heavy atom. The number of carbonyl (C=O) groups excluding carboxylic acids is 1. The molecule has 0 atom stereocenters. The van der Waals surface area contributed by atoms with Crippen LogP contribution in [0.15, 0.2) is 48.7 Å². The van der Waals surface area contributed by atoms with E-state index in [-0.39, 0.29) is 12.5 Å². The maximum absolute atomic E-state index is 12.5. The minimum absolute atomic E-state index is 0.0534. The van der Waals surface area contributed by atoms with Crippen LogP contribution in [0.5, 0.6) is 11.5 Å². The number of fused-ring (bicyclic) bond motifs is 1. The van der Waals surface area contributed by atoms with Gasteiger partial charge in [-0.05, 0) is 55.7 Å². The number of hydrogen-bond acceptors (Lipinski definition) is 4. The van der Waals surface area contributed by atoms with Crippen LogP contribution in [0.25, 0.3) is 10.9 Å². The molecule has 5 heteroatoms. The lowest BCUT2D eigenvalue weighted by molar-refractivity contribution is -0.118. The summed E-state index contributed by atoms with van der Waals surface area (Å²) >= 11 is 0. The number of amides is 1. The molecule has 1 aromatic heterocycles. The van der Waals surface area contributed by atoms with Gasteiger partial charge in [-0.3, -0.25) is 9.78 Å². The van der Waals surface area contributed by atoms with Gasteiger partial charge >= 0.3 is 0 Å². The average molecular weight is 378 g/mol. The summed E-state index contributed by atoms with van der Waals surface area (Å²) in [6.45, 7) is 6.66. The summed E-state index contributed by atoms with van der Waals surface area (Å²) in [6.07, 6.45) is 3.78. The van der Waals surface area contributed by atoms with Gasteiger partial charge in [0.15, 0.2) is 6.61 Å². The number of benzene rings is 2. The van der Waals surface area contributed by atoms with E-state index in [0.29, 0.717) is 12.3 Å². The normalized spacial score (nSPS) is 10.7. The van der Waals surface area contributed by atoms with E-state index in [1.165, 1.54) is 0 Å². The van der Waals surface area contributed by atoms with Crippen molar-refractivity contribution in [2.75, 3.05) is 18.5 Å². The molecular formula is C23H26N2O3. The number of aromatic nitrogens is 1. The Balaban J connectivity index is 1.73. The van der Waals surface area contributed by atoms with Crippen molar-refractivity contribution in [3.63, 3.8) is 0 Å². The zero-order valence-electron chi connectivity index (χ0n) is 16.6. The van der Waals surface area contributed by atoms with E-state index in [1.54, 1.807) is 6.20 Å². The van der Waals surface area contributed by atoms with Crippen molar-refractivity contribution < 1.29 is 14.3 Å². The summed E-state index contributed by atoms with van der Waals surface area (Å²) in [6, 6.07) is 13.4. The third-order valence-corrected chi connectivity index (χ3v) is 4.52. The van der Waals surface area contributed by atoms with E-state index < -0.39 is 0 Å². The molecule has 1 heterocycles. The molecule has 28 heavy (non-hydrogen) atoms. The molecule has 0 aliphatic rings. The van der Waals surface area contributed by atoms with Gasteiger partial charge in [-0.1, -0.05) is 31.5 Å². The second-order valence-corrected chi connectivity index (χ2v) is 6.77. The number of aryl methyl sites for hydroxylation is 2. The Morgan fingerprint density at radius 2 is 1.82 bits per heavy atom. The molecule has 0 spiro atoms. The molecule has 3 aromatic rings. The molecule has 0 radical (unpaired) electrons. The van der Waals surface area contributed by atoms with Crippen LogP contribution in [0, 0.1) is 13.8 Å².